The van der Waals surface area contributed by atoms with Gasteiger partial charge in [-0.3, -0.25) is 0 Å². The Bertz CT molecular complexity index is 805. The number of anilines is 3. The van der Waals surface area contributed by atoms with E-state index in [4.69, 9.17) is 0 Å². The molecule has 0 unspecified atom stereocenters. The molecule has 2 N–H and O–H groups in total. The average molecular weight is 322 g/mol. The Kier molecular flexibility index (Phi) is 5.01. The summed E-state index contributed by atoms with van der Waals surface area (Å²) < 4.78 is 13.4. The molecule has 0 spiro atoms. The van der Waals surface area contributed by atoms with Crippen molar-refractivity contribution in [3.05, 3.63) is 66.5 Å². The molecule has 0 saturated heterocycles. The van der Waals surface area contributed by atoms with Crippen LogP contribution in [0.3, 0.4) is 0 Å². The fourth-order valence-corrected chi connectivity index (χ4v) is 2.30. The summed E-state index contributed by atoms with van der Waals surface area (Å²) in [5.41, 5.74) is 2.42. The number of hydrogen-bond acceptors (Lipinski definition) is 4. The van der Waals surface area contributed by atoms with E-state index in [0.717, 1.165) is 30.0 Å². The van der Waals surface area contributed by atoms with Crippen molar-refractivity contribution >= 4 is 17.5 Å². The van der Waals surface area contributed by atoms with E-state index in [-0.39, 0.29) is 5.82 Å². The second-order valence-corrected chi connectivity index (χ2v) is 5.39. The van der Waals surface area contributed by atoms with Crippen LogP contribution in [0.2, 0.25) is 0 Å². The minimum absolute atomic E-state index is 0.302. The van der Waals surface area contributed by atoms with Crippen LogP contribution in [0.15, 0.2) is 60.7 Å². The number of nitrogens with zero attached hydrogens (tertiary/aromatic N) is 2. The van der Waals surface area contributed by atoms with Gasteiger partial charge in [0.15, 0.2) is 0 Å². The number of benzene rings is 2. The fourth-order valence-electron chi connectivity index (χ4n) is 2.30. The van der Waals surface area contributed by atoms with Crippen LogP contribution < -0.4 is 10.6 Å². The van der Waals surface area contributed by atoms with E-state index < -0.39 is 0 Å². The van der Waals surface area contributed by atoms with Gasteiger partial charge in [0.25, 0.3) is 0 Å². The molecule has 0 aliphatic carbocycles. The summed E-state index contributed by atoms with van der Waals surface area (Å²) in [5, 5.41) is 6.35. The van der Waals surface area contributed by atoms with Crippen LogP contribution in [0.25, 0.3) is 11.3 Å². The predicted octanol–water partition coefficient (Wildman–Crippen LogP) is 4.85. The quantitative estimate of drug-likeness (QED) is 0.681. The first-order chi connectivity index (χ1) is 11.7. The van der Waals surface area contributed by atoms with Crippen molar-refractivity contribution in [2.45, 2.75) is 13.3 Å². The van der Waals surface area contributed by atoms with Crippen LogP contribution in [-0.4, -0.2) is 16.5 Å². The predicted molar refractivity (Wildman–Crippen MR) is 95.9 cm³/mol. The summed E-state index contributed by atoms with van der Waals surface area (Å²) in [6.45, 7) is 2.92. The zero-order chi connectivity index (χ0) is 16.8. The SMILES string of the molecule is CCCNc1cc(-c2ccccc2)nc(Nc2cccc(F)c2)n1. The molecule has 0 amide bonds. The van der Waals surface area contributed by atoms with Crippen LogP contribution in [0.5, 0.6) is 0 Å². The van der Waals surface area contributed by atoms with Crippen LogP contribution >= 0.6 is 0 Å². The minimum atomic E-state index is -0.302. The van der Waals surface area contributed by atoms with E-state index in [1.54, 1.807) is 12.1 Å². The van der Waals surface area contributed by atoms with Crippen molar-refractivity contribution in [2.75, 3.05) is 17.2 Å². The van der Waals surface area contributed by atoms with Gasteiger partial charge in [-0.25, -0.2) is 9.37 Å². The van der Waals surface area contributed by atoms with E-state index >= 15 is 0 Å². The van der Waals surface area contributed by atoms with E-state index in [2.05, 4.69) is 27.5 Å². The normalized spacial score (nSPS) is 10.4. The Balaban J connectivity index is 1.95. The third-order valence-corrected chi connectivity index (χ3v) is 3.43. The largest absolute Gasteiger partial charge is 0.370 e. The summed E-state index contributed by atoms with van der Waals surface area (Å²) in [4.78, 5) is 9.02. The Morgan fingerprint density at radius 2 is 1.79 bits per heavy atom. The van der Waals surface area contributed by atoms with Crippen LogP contribution in [0, 0.1) is 5.82 Å². The number of aromatic nitrogens is 2. The maximum Gasteiger partial charge on any atom is 0.229 e. The summed E-state index contributed by atoms with van der Waals surface area (Å²) >= 11 is 0. The van der Waals surface area contributed by atoms with Crippen LogP contribution in [0.4, 0.5) is 21.8 Å². The van der Waals surface area contributed by atoms with Gasteiger partial charge in [-0.1, -0.05) is 43.3 Å². The maximum absolute atomic E-state index is 13.4. The first-order valence-corrected chi connectivity index (χ1v) is 7.95. The van der Waals surface area contributed by atoms with Gasteiger partial charge in [-0.2, -0.15) is 4.98 Å². The van der Waals surface area contributed by atoms with E-state index in [0.29, 0.717) is 11.6 Å². The molecule has 4 nitrogen and oxygen atoms in total. The smallest absolute Gasteiger partial charge is 0.229 e. The zero-order valence-corrected chi connectivity index (χ0v) is 13.5. The molecule has 122 valence electrons. The van der Waals surface area contributed by atoms with Crippen molar-refractivity contribution in [1.29, 1.82) is 0 Å². The Labute approximate surface area is 140 Å². The van der Waals surface area contributed by atoms with E-state index in [9.17, 15) is 4.39 Å². The first kappa shape index (κ1) is 15.9. The van der Waals surface area contributed by atoms with Crippen LogP contribution in [-0.2, 0) is 0 Å². The molecule has 5 heteroatoms. The monoisotopic (exact) mass is 322 g/mol. The second kappa shape index (κ2) is 7.55. The van der Waals surface area contributed by atoms with Crippen molar-refractivity contribution in [1.82, 2.24) is 9.97 Å². The lowest BCUT2D eigenvalue weighted by Crippen LogP contribution is -2.06. The third-order valence-electron chi connectivity index (χ3n) is 3.43. The highest BCUT2D eigenvalue weighted by Crippen LogP contribution is 2.23. The number of nitrogens with one attached hydrogen (secondary N) is 2. The summed E-state index contributed by atoms with van der Waals surface area (Å²) in [6, 6.07) is 18.1. The molecule has 0 atom stereocenters. The molecule has 0 radical (unpaired) electrons. The molecule has 0 aliphatic rings. The lowest BCUT2D eigenvalue weighted by atomic mass is 10.1. The standard InChI is InChI=1S/C19H19FN4/c1-2-11-21-18-13-17(14-7-4-3-5-8-14)23-19(24-18)22-16-10-6-9-15(20)12-16/h3-10,12-13H,2,11H2,1H3,(H2,21,22,23,24). The summed E-state index contributed by atoms with van der Waals surface area (Å²) in [7, 11) is 0. The zero-order valence-electron chi connectivity index (χ0n) is 13.5. The molecule has 0 fully saturated rings. The van der Waals surface area contributed by atoms with Gasteiger partial charge in [0.1, 0.15) is 11.6 Å². The van der Waals surface area contributed by atoms with E-state index in [1.807, 2.05) is 36.4 Å². The van der Waals surface area contributed by atoms with Gasteiger partial charge >= 0.3 is 0 Å². The van der Waals surface area contributed by atoms with Gasteiger partial charge in [-0.15, -0.1) is 0 Å². The molecule has 24 heavy (non-hydrogen) atoms. The van der Waals surface area contributed by atoms with Crippen molar-refractivity contribution in [2.24, 2.45) is 0 Å². The molecular weight excluding hydrogens is 303 g/mol. The van der Waals surface area contributed by atoms with Crippen molar-refractivity contribution in [3.63, 3.8) is 0 Å². The number of hydrogen-bond donors (Lipinski definition) is 2. The van der Waals surface area contributed by atoms with Gasteiger partial charge in [0.2, 0.25) is 5.95 Å². The molecule has 0 aliphatic heterocycles. The van der Waals surface area contributed by atoms with Crippen LogP contribution in [0.1, 0.15) is 13.3 Å². The molecule has 1 aromatic heterocycles. The lowest BCUT2D eigenvalue weighted by molar-refractivity contribution is 0.628. The molecule has 0 bridgehead atoms. The molecule has 2 aromatic carbocycles. The van der Waals surface area contributed by atoms with Gasteiger partial charge in [0.05, 0.1) is 5.69 Å². The highest BCUT2D eigenvalue weighted by atomic mass is 19.1. The molecule has 0 saturated carbocycles. The van der Waals surface area contributed by atoms with Gasteiger partial charge in [-0.05, 0) is 24.6 Å². The molecule has 3 rings (SSSR count). The van der Waals surface area contributed by atoms with E-state index in [1.165, 1.54) is 12.1 Å². The van der Waals surface area contributed by atoms with Crippen molar-refractivity contribution in [3.8, 4) is 11.3 Å². The highest BCUT2D eigenvalue weighted by molar-refractivity contribution is 5.66. The molecule has 3 aromatic rings. The lowest BCUT2D eigenvalue weighted by Gasteiger charge is -2.11. The number of halogens is 1. The van der Waals surface area contributed by atoms with Crippen molar-refractivity contribution < 1.29 is 4.39 Å². The topological polar surface area (TPSA) is 49.8 Å². The fraction of sp³-hybridized carbons (Fsp3) is 0.158. The second-order valence-electron chi connectivity index (χ2n) is 5.39. The van der Waals surface area contributed by atoms with Gasteiger partial charge < -0.3 is 10.6 Å². The Morgan fingerprint density at radius 1 is 0.958 bits per heavy atom. The summed E-state index contributed by atoms with van der Waals surface area (Å²) in [5.74, 6) is 0.869. The third kappa shape index (κ3) is 4.07. The Morgan fingerprint density at radius 3 is 2.54 bits per heavy atom. The molecule has 1 heterocycles. The summed E-state index contributed by atoms with van der Waals surface area (Å²) in [6.07, 6.45) is 0.997. The molecular formula is C19H19FN4. The number of rotatable bonds is 6. The first-order valence-electron chi connectivity index (χ1n) is 7.95. The minimum Gasteiger partial charge on any atom is -0.370 e. The average Bonchev–Trinajstić information content (AvgIpc) is 2.60. The maximum atomic E-state index is 13.4. The highest BCUT2D eigenvalue weighted by Gasteiger charge is 2.07. The Hall–Kier alpha value is -2.95. The van der Waals surface area contributed by atoms with Gasteiger partial charge in [0, 0.05) is 23.9 Å².